The first-order valence-corrected chi connectivity index (χ1v) is 8.76. The van der Waals surface area contributed by atoms with E-state index >= 15 is 0 Å². The molecule has 0 heterocycles. The average molecular weight is 391 g/mol. The molecule has 0 fully saturated rings. The van der Waals surface area contributed by atoms with Crippen LogP contribution in [0.3, 0.4) is 0 Å². The second kappa shape index (κ2) is 6.25. The SMILES string of the molecule is COc1cc(N)ccc1S(=O)(=O)Cc1ccc(Br)cc1Cl. The lowest BCUT2D eigenvalue weighted by Crippen LogP contribution is -2.07. The third-order valence-corrected chi connectivity index (χ3v) is 5.43. The van der Waals surface area contributed by atoms with Gasteiger partial charge in [0.25, 0.3) is 0 Å². The molecule has 2 aromatic rings. The van der Waals surface area contributed by atoms with Crippen LogP contribution in [0.5, 0.6) is 5.75 Å². The van der Waals surface area contributed by atoms with E-state index in [9.17, 15) is 8.42 Å². The number of sulfone groups is 1. The van der Waals surface area contributed by atoms with E-state index in [4.69, 9.17) is 22.1 Å². The summed E-state index contributed by atoms with van der Waals surface area (Å²) < 4.78 is 31.0. The van der Waals surface area contributed by atoms with E-state index in [1.54, 1.807) is 18.2 Å². The van der Waals surface area contributed by atoms with Crippen LogP contribution in [-0.2, 0) is 15.6 Å². The fraction of sp³-hybridized carbons (Fsp3) is 0.143. The summed E-state index contributed by atoms with van der Waals surface area (Å²) >= 11 is 9.36. The van der Waals surface area contributed by atoms with Crippen LogP contribution >= 0.6 is 27.5 Å². The minimum absolute atomic E-state index is 0.0955. The molecule has 2 aromatic carbocycles. The second-order valence-corrected chi connectivity index (χ2v) is 7.69. The van der Waals surface area contributed by atoms with Crippen molar-refractivity contribution in [1.82, 2.24) is 0 Å². The summed E-state index contributed by atoms with van der Waals surface area (Å²) in [4.78, 5) is 0.0955. The number of hydrogen-bond donors (Lipinski definition) is 1. The number of benzene rings is 2. The molecule has 0 bridgehead atoms. The van der Waals surface area contributed by atoms with Gasteiger partial charge < -0.3 is 10.5 Å². The zero-order valence-electron chi connectivity index (χ0n) is 11.1. The summed E-state index contributed by atoms with van der Waals surface area (Å²) in [5, 5.41) is 0.391. The maximum atomic E-state index is 12.5. The van der Waals surface area contributed by atoms with Gasteiger partial charge in [-0.15, -0.1) is 0 Å². The maximum Gasteiger partial charge on any atom is 0.186 e. The third kappa shape index (κ3) is 3.70. The number of anilines is 1. The van der Waals surface area contributed by atoms with E-state index in [0.717, 1.165) is 4.47 Å². The van der Waals surface area contributed by atoms with Crippen molar-refractivity contribution in [1.29, 1.82) is 0 Å². The second-order valence-electron chi connectivity index (χ2n) is 4.41. The number of nitrogen functional groups attached to an aromatic ring is 1. The summed E-state index contributed by atoms with van der Waals surface area (Å²) in [6.07, 6.45) is 0. The van der Waals surface area contributed by atoms with Gasteiger partial charge in [-0.25, -0.2) is 8.42 Å². The Bertz CT molecular complexity index is 778. The predicted molar refractivity (Wildman–Crippen MR) is 87.4 cm³/mol. The first-order chi connectivity index (χ1) is 9.83. The highest BCUT2D eigenvalue weighted by Gasteiger charge is 2.21. The van der Waals surface area contributed by atoms with E-state index in [1.165, 1.54) is 25.3 Å². The van der Waals surface area contributed by atoms with Crippen LogP contribution in [0.4, 0.5) is 5.69 Å². The average Bonchev–Trinajstić information content (AvgIpc) is 2.41. The molecule has 2 N–H and O–H groups in total. The molecule has 0 saturated carbocycles. The minimum Gasteiger partial charge on any atom is -0.495 e. The molecule has 112 valence electrons. The van der Waals surface area contributed by atoms with E-state index in [1.807, 2.05) is 0 Å². The number of ether oxygens (including phenoxy) is 1. The van der Waals surface area contributed by atoms with Crippen LogP contribution in [0.2, 0.25) is 5.02 Å². The van der Waals surface area contributed by atoms with Crippen molar-refractivity contribution in [3.8, 4) is 5.75 Å². The Morgan fingerprint density at radius 1 is 1.24 bits per heavy atom. The number of hydrogen-bond acceptors (Lipinski definition) is 4. The Kier molecular flexibility index (Phi) is 4.81. The van der Waals surface area contributed by atoms with Crippen molar-refractivity contribution in [3.05, 3.63) is 51.5 Å². The predicted octanol–water partition coefficient (Wildman–Crippen LogP) is 3.67. The van der Waals surface area contributed by atoms with Crippen LogP contribution < -0.4 is 10.5 Å². The van der Waals surface area contributed by atoms with Crippen LogP contribution in [0.15, 0.2) is 45.8 Å². The van der Waals surface area contributed by atoms with Gasteiger partial charge >= 0.3 is 0 Å². The molecule has 0 aliphatic rings. The third-order valence-electron chi connectivity index (χ3n) is 2.88. The van der Waals surface area contributed by atoms with Crippen molar-refractivity contribution >= 4 is 43.1 Å². The maximum absolute atomic E-state index is 12.5. The van der Waals surface area contributed by atoms with Gasteiger partial charge in [0, 0.05) is 21.2 Å². The highest BCUT2D eigenvalue weighted by Crippen LogP contribution is 2.31. The standard InChI is InChI=1S/C14H13BrClNO3S/c1-20-13-7-11(17)4-5-14(13)21(18,19)8-9-2-3-10(15)6-12(9)16/h2-7H,8,17H2,1H3. The van der Waals surface area contributed by atoms with Gasteiger partial charge in [0.2, 0.25) is 0 Å². The lowest BCUT2D eigenvalue weighted by Gasteiger charge is -2.11. The molecule has 4 nitrogen and oxygen atoms in total. The van der Waals surface area contributed by atoms with E-state index in [-0.39, 0.29) is 16.4 Å². The van der Waals surface area contributed by atoms with Crippen molar-refractivity contribution < 1.29 is 13.2 Å². The summed E-state index contributed by atoms with van der Waals surface area (Å²) in [5.41, 5.74) is 6.60. The van der Waals surface area contributed by atoms with Gasteiger partial charge in [-0.2, -0.15) is 0 Å². The Labute approximate surface area is 136 Å². The monoisotopic (exact) mass is 389 g/mol. The van der Waals surface area contributed by atoms with Gasteiger partial charge in [0.1, 0.15) is 10.6 Å². The number of methoxy groups -OCH3 is 1. The summed E-state index contributed by atoms with van der Waals surface area (Å²) in [5.74, 6) is 0.0163. The van der Waals surface area contributed by atoms with Gasteiger partial charge in [0.05, 0.1) is 12.9 Å². The minimum atomic E-state index is -3.59. The lowest BCUT2D eigenvalue weighted by atomic mass is 10.2. The Hall–Kier alpha value is -1.24. The summed E-state index contributed by atoms with van der Waals surface area (Å²) in [6, 6.07) is 9.53. The summed E-state index contributed by atoms with van der Waals surface area (Å²) in [6.45, 7) is 0. The van der Waals surface area contributed by atoms with Crippen molar-refractivity contribution in [3.63, 3.8) is 0 Å². The molecule has 0 radical (unpaired) electrons. The molecule has 0 aliphatic heterocycles. The van der Waals surface area contributed by atoms with E-state index < -0.39 is 9.84 Å². The summed E-state index contributed by atoms with van der Waals surface area (Å²) in [7, 11) is -2.19. The number of rotatable bonds is 4. The Morgan fingerprint density at radius 3 is 2.57 bits per heavy atom. The normalized spacial score (nSPS) is 11.4. The van der Waals surface area contributed by atoms with Gasteiger partial charge in [-0.3, -0.25) is 0 Å². The smallest absolute Gasteiger partial charge is 0.186 e. The molecule has 0 spiro atoms. The molecule has 0 saturated heterocycles. The molecular weight excluding hydrogens is 378 g/mol. The quantitative estimate of drug-likeness (QED) is 0.809. The molecule has 0 unspecified atom stereocenters. The number of halogens is 2. The van der Waals surface area contributed by atoms with Gasteiger partial charge in [-0.1, -0.05) is 33.6 Å². The number of nitrogens with two attached hydrogens (primary N) is 1. The Balaban J connectivity index is 2.43. The molecule has 0 amide bonds. The Morgan fingerprint density at radius 2 is 1.95 bits per heavy atom. The molecule has 0 atom stereocenters. The molecular formula is C14H13BrClNO3S. The fourth-order valence-corrected chi connectivity index (χ4v) is 4.22. The zero-order chi connectivity index (χ0) is 15.6. The highest BCUT2D eigenvalue weighted by molar-refractivity contribution is 9.10. The van der Waals surface area contributed by atoms with Crippen LogP contribution in [0.25, 0.3) is 0 Å². The highest BCUT2D eigenvalue weighted by atomic mass is 79.9. The largest absolute Gasteiger partial charge is 0.495 e. The van der Waals surface area contributed by atoms with Crippen molar-refractivity contribution in [2.75, 3.05) is 12.8 Å². The van der Waals surface area contributed by atoms with E-state index in [2.05, 4.69) is 15.9 Å². The molecule has 0 aliphatic carbocycles. The van der Waals surface area contributed by atoms with Crippen molar-refractivity contribution in [2.45, 2.75) is 10.6 Å². The first kappa shape index (κ1) is 16.1. The fourth-order valence-electron chi connectivity index (χ4n) is 1.86. The van der Waals surface area contributed by atoms with Gasteiger partial charge in [0.15, 0.2) is 9.84 Å². The van der Waals surface area contributed by atoms with Gasteiger partial charge in [-0.05, 0) is 29.8 Å². The van der Waals surface area contributed by atoms with Crippen LogP contribution in [0, 0.1) is 0 Å². The van der Waals surface area contributed by atoms with E-state index in [0.29, 0.717) is 16.3 Å². The van der Waals surface area contributed by atoms with Crippen LogP contribution in [-0.4, -0.2) is 15.5 Å². The first-order valence-electron chi connectivity index (χ1n) is 5.93. The topological polar surface area (TPSA) is 69.4 Å². The zero-order valence-corrected chi connectivity index (χ0v) is 14.3. The lowest BCUT2D eigenvalue weighted by molar-refractivity contribution is 0.403. The van der Waals surface area contributed by atoms with Crippen molar-refractivity contribution in [2.24, 2.45) is 0 Å². The molecule has 7 heteroatoms. The molecule has 21 heavy (non-hydrogen) atoms. The molecule has 2 rings (SSSR count). The molecule has 0 aromatic heterocycles. The van der Waals surface area contributed by atoms with Crippen LogP contribution in [0.1, 0.15) is 5.56 Å².